The summed E-state index contributed by atoms with van der Waals surface area (Å²) >= 11 is 0. The van der Waals surface area contributed by atoms with Gasteiger partial charge < -0.3 is 5.53 Å². The molecule has 4 heteroatoms. The zero-order chi connectivity index (χ0) is 9.94. The van der Waals surface area contributed by atoms with E-state index in [1.807, 2.05) is 0 Å². The third kappa shape index (κ3) is 2.40. The summed E-state index contributed by atoms with van der Waals surface area (Å²) in [6, 6.07) is 0. The minimum atomic E-state index is -0.687. The van der Waals surface area contributed by atoms with Crippen molar-refractivity contribution in [1.29, 1.82) is 0 Å². The van der Waals surface area contributed by atoms with E-state index in [9.17, 15) is 9.59 Å². The molecule has 0 aromatic carbocycles. The number of Topliss-reactive ketones (excluding diaryl/α,β-unsaturated/α-hetero) is 2. The Morgan fingerprint density at radius 2 is 1.67 bits per heavy atom. The van der Waals surface area contributed by atoms with Gasteiger partial charge in [-0.25, -0.2) is 0 Å². The molecule has 0 heterocycles. The number of carbonyl (C=O) groups is 2. The van der Waals surface area contributed by atoms with E-state index in [2.05, 4.69) is 4.79 Å². The van der Waals surface area contributed by atoms with Gasteiger partial charge in [0.05, 0.1) is 0 Å². The lowest BCUT2D eigenvalue weighted by Gasteiger charge is -2.11. The van der Waals surface area contributed by atoms with E-state index >= 15 is 0 Å². The van der Waals surface area contributed by atoms with Gasteiger partial charge in [-0.3, -0.25) is 9.59 Å². The predicted molar refractivity (Wildman–Crippen MR) is 43.8 cm³/mol. The van der Waals surface area contributed by atoms with Crippen LogP contribution >= 0.6 is 0 Å². The van der Waals surface area contributed by atoms with Crippen molar-refractivity contribution in [3.63, 3.8) is 0 Å². The number of nitrogens with zero attached hydrogens (tertiary/aromatic N) is 2. The molecule has 0 aromatic heterocycles. The van der Waals surface area contributed by atoms with E-state index in [4.69, 9.17) is 5.53 Å². The molecule has 66 valence electrons. The normalized spacial score (nSPS) is 10.3. The van der Waals surface area contributed by atoms with Gasteiger partial charge in [0.15, 0.2) is 0 Å². The Morgan fingerprint density at radius 3 is 1.75 bits per heavy atom. The fraction of sp³-hybridized carbons (Fsp3) is 0.625. The molecule has 0 spiro atoms. The van der Waals surface area contributed by atoms with Crippen LogP contribution < -0.4 is 0 Å². The van der Waals surface area contributed by atoms with Crippen LogP contribution in [-0.4, -0.2) is 22.1 Å². The van der Waals surface area contributed by atoms with Crippen molar-refractivity contribution in [2.24, 2.45) is 5.41 Å². The first-order valence-electron chi connectivity index (χ1n) is 3.58. The monoisotopic (exact) mass is 168 g/mol. The highest BCUT2D eigenvalue weighted by atomic mass is 16.2. The first-order chi connectivity index (χ1) is 5.30. The zero-order valence-corrected chi connectivity index (χ0v) is 7.71. The highest BCUT2D eigenvalue weighted by Crippen LogP contribution is 2.14. The lowest BCUT2D eigenvalue weighted by atomic mass is 9.87. The van der Waals surface area contributed by atoms with Crippen LogP contribution in [0.1, 0.15) is 27.7 Å². The highest BCUT2D eigenvalue weighted by molar-refractivity contribution is 6.64. The van der Waals surface area contributed by atoms with Crippen LogP contribution in [0.3, 0.4) is 0 Å². The molecular weight excluding hydrogens is 156 g/mol. The van der Waals surface area contributed by atoms with Crippen LogP contribution in [0, 0.1) is 5.41 Å². The zero-order valence-electron chi connectivity index (χ0n) is 7.71. The fourth-order valence-electron chi connectivity index (χ4n) is 0.631. The van der Waals surface area contributed by atoms with Gasteiger partial charge in [-0.05, 0) is 0 Å². The van der Waals surface area contributed by atoms with Crippen molar-refractivity contribution in [1.82, 2.24) is 0 Å². The van der Waals surface area contributed by atoms with Crippen LogP contribution in [0.15, 0.2) is 0 Å². The minimum absolute atomic E-state index is 0.387. The van der Waals surface area contributed by atoms with Gasteiger partial charge in [0.25, 0.3) is 5.78 Å². The van der Waals surface area contributed by atoms with E-state index in [0.29, 0.717) is 0 Å². The molecule has 0 fully saturated rings. The molecule has 0 aliphatic carbocycles. The van der Waals surface area contributed by atoms with Gasteiger partial charge in [-0.2, -0.15) is 4.79 Å². The lowest BCUT2D eigenvalue weighted by Crippen LogP contribution is -2.33. The molecule has 0 aliphatic rings. The first kappa shape index (κ1) is 10.7. The van der Waals surface area contributed by atoms with Crippen LogP contribution in [0.2, 0.25) is 0 Å². The van der Waals surface area contributed by atoms with Crippen molar-refractivity contribution in [2.75, 3.05) is 0 Å². The van der Waals surface area contributed by atoms with Gasteiger partial charge in [-0.15, -0.1) is 0 Å². The lowest BCUT2D eigenvalue weighted by molar-refractivity contribution is -0.127. The molecule has 0 N–H and O–H groups in total. The number of rotatable bonds is 2. The Bertz CT molecular complexity index is 267. The van der Waals surface area contributed by atoms with E-state index in [1.54, 1.807) is 20.8 Å². The second-order valence-corrected chi connectivity index (χ2v) is 3.58. The van der Waals surface area contributed by atoms with Crippen LogP contribution in [0.5, 0.6) is 0 Å². The summed E-state index contributed by atoms with van der Waals surface area (Å²) in [4.78, 5) is 24.7. The van der Waals surface area contributed by atoms with Gasteiger partial charge >= 0.3 is 5.71 Å². The quantitative estimate of drug-likeness (QED) is 0.265. The van der Waals surface area contributed by atoms with Crippen LogP contribution in [0.4, 0.5) is 0 Å². The predicted octanol–water partition coefficient (Wildman–Crippen LogP) is 0.861. The smallest absolute Gasteiger partial charge is 0.360 e. The Labute approximate surface area is 71.2 Å². The molecule has 0 unspecified atom stereocenters. The largest absolute Gasteiger partial charge is 0.400 e. The maximum absolute atomic E-state index is 11.3. The second-order valence-electron chi connectivity index (χ2n) is 3.58. The number of hydrogen-bond donors (Lipinski definition) is 0. The summed E-state index contributed by atoms with van der Waals surface area (Å²) in [6.07, 6.45) is 0. The molecule has 0 amide bonds. The van der Waals surface area contributed by atoms with Crippen molar-refractivity contribution in [2.45, 2.75) is 27.7 Å². The molecule has 0 bridgehead atoms. The molecule has 0 aromatic rings. The molecule has 0 rings (SSSR count). The van der Waals surface area contributed by atoms with Gasteiger partial charge in [0.1, 0.15) is 0 Å². The van der Waals surface area contributed by atoms with Crippen molar-refractivity contribution >= 4 is 17.3 Å². The van der Waals surface area contributed by atoms with Crippen molar-refractivity contribution in [3.8, 4) is 0 Å². The Morgan fingerprint density at radius 1 is 1.25 bits per heavy atom. The molecule has 12 heavy (non-hydrogen) atoms. The highest BCUT2D eigenvalue weighted by Gasteiger charge is 2.35. The van der Waals surface area contributed by atoms with Crippen molar-refractivity contribution < 1.29 is 14.4 Å². The minimum Gasteiger partial charge on any atom is -0.360 e. The number of ketones is 2. The standard InChI is InChI=1S/C8H12N2O2/c1-5(11)6(10-9)7(12)8(2,3)4/h1-4H3. The molecule has 4 nitrogen and oxygen atoms in total. The Kier molecular flexibility index (Phi) is 3.05. The first-order valence-corrected chi connectivity index (χ1v) is 3.58. The summed E-state index contributed by atoms with van der Waals surface area (Å²) in [5, 5.41) is 0. The summed E-state index contributed by atoms with van der Waals surface area (Å²) in [6.45, 7) is 6.16. The van der Waals surface area contributed by atoms with Gasteiger partial charge in [0, 0.05) is 12.3 Å². The second kappa shape index (κ2) is 3.41. The molecule has 0 saturated carbocycles. The third-order valence-corrected chi connectivity index (χ3v) is 1.33. The SMILES string of the molecule is CC(=O)C(=[N+]=[N-])C(=O)C(C)(C)C. The van der Waals surface area contributed by atoms with Crippen LogP contribution in [0.25, 0.3) is 5.53 Å². The molecular formula is C8H12N2O2. The average molecular weight is 168 g/mol. The maximum atomic E-state index is 11.3. The summed E-state index contributed by atoms with van der Waals surface area (Å²) < 4.78 is 0. The third-order valence-electron chi connectivity index (χ3n) is 1.33. The van der Waals surface area contributed by atoms with Crippen LogP contribution in [-0.2, 0) is 9.59 Å². The van der Waals surface area contributed by atoms with Gasteiger partial charge in [0.2, 0.25) is 5.78 Å². The van der Waals surface area contributed by atoms with Gasteiger partial charge in [-0.1, -0.05) is 20.8 Å². The summed E-state index contributed by atoms with van der Waals surface area (Å²) in [5.74, 6) is -0.963. The number of carbonyl (C=O) groups excluding carboxylic acids is 2. The fourth-order valence-corrected chi connectivity index (χ4v) is 0.631. The van der Waals surface area contributed by atoms with E-state index < -0.39 is 17.0 Å². The topological polar surface area (TPSA) is 70.5 Å². The molecule has 0 aliphatic heterocycles. The molecule has 0 atom stereocenters. The van der Waals surface area contributed by atoms with Crippen molar-refractivity contribution in [3.05, 3.63) is 5.53 Å². The van der Waals surface area contributed by atoms with E-state index in [1.165, 1.54) is 6.92 Å². The van der Waals surface area contributed by atoms with E-state index in [-0.39, 0.29) is 5.71 Å². The van der Waals surface area contributed by atoms with E-state index in [0.717, 1.165) is 0 Å². The Balaban J connectivity index is 4.95. The average Bonchev–Trinajstić information content (AvgIpc) is 1.86. The summed E-state index contributed by atoms with van der Waals surface area (Å²) in [7, 11) is 0. The Hall–Kier alpha value is -1.28. The molecule has 0 saturated heterocycles. The maximum Gasteiger partial charge on any atom is 0.400 e. The summed E-state index contributed by atoms with van der Waals surface area (Å²) in [5.41, 5.74) is 7.30. The number of hydrogen-bond acceptors (Lipinski definition) is 2. The molecule has 0 radical (unpaired) electrons.